The molecular formula is C9H12ClNO2. The monoisotopic (exact) mass is 201 g/mol. The first-order valence-electron chi connectivity index (χ1n) is 3.89. The normalized spacial score (nSPS) is 10.2. The minimum atomic E-state index is 0.358. The molecule has 72 valence electrons. The largest absolute Gasteiger partial charge is 0.496 e. The predicted octanol–water partition coefficient (Wildman–Crippen LogP) is 2.14. The minimum Gasteiger partial charge on any atom is -0.496 e. The topological polar surface area (TPSA) is 41.5 Å². The molecule has 0 aliphatic heterocycles. The van der Waals surface area contributed by atoms with E-state index >= 15 is 0 Å². The maximum absolute atomic E-state index is 8.51. The van der Waals surface area contributed by atoms with Gasteiger partial charge in [-0.3, -0.25) is 0 Å². The van der Waals surface area contributed by atoms with Gasteiger partial charge >= 0.3 is 0 Å². The third kappa shape index (κ3) is 2.34. The van der Waals surface area contributed by atoms with Crippen molar-refractivity contribution in [2.75, 3.05) is 7.11 Å². The van der Waals surface area contributed by atoms with Crippen LogP contribution in [0.15, 0.2) is 12.1 Å². The summed E-state index contributed by atoms with van der Waals surface area (Å²) < 4.78 is 5.12. The van der Waals surface area contributed by atoms with E-state index in [0.717, 1.165) is 16.9 Å². The molecule has 3 nitrogen and oxygen atoms in total. The lowest BCUT2D eigenvalue weighted by Gasteiger charge is -2.09. The van der Waals surface area contributed by atoms with Gasteiger partial charge in [0.15, 0.2) is 0 Å². The Morgan fingerprint density at radius 2 is 2.23 bits per heavy atom. The Hall–Kier alpha value is -0.770. The number of methoxy groups -OCH3 is 1. The smallest absolute Gasteiger partial charge is 0.123 e. The molecule has 2 N–H and O–H groups in total. The zero-order chi connectivity index (χ0) is 9.84. The molecule has 0 heterocycles. The highest BCUT2D eigenvalue weighted by molar-refractivity contribution is 6.31. The number of halogens is 1. The molecule has 0 radical (unpaired) electrons. The third-order valence-corrected chi connectivity index (χ3v) is 2.25. The number of hydrogen-bond acceptors (Lipinski definition) is 3. The summed E-state index contributed by atoms with van der Waals surface area (Å²) in [6, 6.07) is 3.63. The highest BCUT2D eigenvalue weighted by atomic mass is 35.5. The van der Waals surface area contributed by atoms with Gasteiger partial charge < -0.3 is 9.94 Å². The van der Waals surface area contributed by atoms with Gasteiger partial charge in [0.1, 0.15) is 5.75 Å². The van der Waals surface area contributed by atoms with Gasteiger partial charge in [0.05, 0.1) is 7.11 Å². The molecule has 1 aromatic rings. The highest BCUT2D eigenvalue weighted by Crippen LogP contribution is 2.27. The van der Waals surface area contributed by atoms with E-state index in [0.29, 0.717) is 11.6 Å². The summed E-state index contributed by atoms with van der Waals surface area (Å²) in [7, 11) is 1.59. The van der Waals surface area contributed by atoms with Crippen LogP contribution in [0, 0.1) is 6.92 Å². The number of benzene rings is 1. The van der Waals surface area contributed by atoms with E-state index in [-0.39, 0.29) is 0 Å². The van der Waals surface area contributed by atoms with Gasteiger partial charge in [0.25, 0.3) is 0 Å². The minimum absolute atomic E-state index is 0.358. The lowest BCUT2D eigenvalue weighted by molar-refractivity contribution is 0.161. The van der Waals surface area contributed by atoms with Crippen LogP contribution in [0.4, 0.5) is 0 Å². The average Bonchev–Trinajstić information content (AvgIpc) is 2.11. The molecule has 0 aliphatic carbocycles. The Morgan fingerprint density at radius 1 is 1.54 bits per heavy atom. The summed E-state index contributed by atoms with van der Waals surface area (Å²) in [5.74, 6) is 0.734. The molecular weight excluding hydrogens is 190 g/mol. The Balaban J connectivity index is 3.06. The number of hydroxylamine groups is 1. The second-order valence-electron chi connectivity index (χ2n) is 2.74. The van der Waals surface area contributed by atoms with Crippen LogP contribution in [0.25, 0.3) is 0 Å². The molecule has 4 heteroatoms. The van der Waals surface area contributed by atoms with Crippen molar-refractivity contribution < 1.29 is 9.94 Å². The first kappa shape index (κ1) is 10.3. The van der Waals surface area contributed by atoms with Crippen molar-refractivity contribution in [2.45, 2.75) is 13.5 Å². The number of hydrogen-bond donors (Lipinski definition) is 2. The Labute approximate surface area is 82.2 Å². The second kappa shape index (κ2) is 4.46. The van der Waals surface area contributed by atoms with E-state index in [1.165, 1.54) is 0 Å². The van der Waals surface area contributed by atoms with Gasteiger partial charge in [-0.05, 0) is 24.6 Å². The summed E-state index contributed by atoms with van der Waals surface area (Å²) in [6.45, 7) is 2.24. The zero-order valence-corrected chi connectivity index (χ0v) is 8.35. The summed E-state index contributed by atoms with van der Waals surface area (Å²) >= 11 is 5.94. The van der Waals surface area contributed by atoms with Crippen LogP contribution in [0.1, 0.15) is 11.1 Å². The first-order chi connectivity index (χ1) is 6.19. The van der Waals surface area contributed by atoms with Crippen molar-refractivity contribution in [3.8, 4) is 5.75 Å². The van der Waals surface area contributed by atoms with Gasteiger partial charge in [0.2, 0.25) is 0 Å². The van der Waals surface area contributed by atoms with E-state index in [1.807, 2.05) is 13.0 Å². The fourth-order valence-electron chi connectivity index (χ4n) is 1.11. The zero-order valence-electron chi connectivity index (χ0n) is 7.60. The molecule has 1 rings (SSSR count). The second-order valence-corrected chi connectivity index (χ2v) is 3.15. The summed E-state index contributed by atoms with van der Waals surface area (Å²) in [4.78, 5) is 0. The summed E-state index contributed by atoms with van der Waals surface area (Å²) in [6.07, 6.45) is 0. The molecule has 0 saturated carbocycles. The van der Waals surface area contributed by atoms with Gasteiger partial charge in [-0.2, -0.15) is 0 Å². The van der Waals surface area contributed by atoms with Crippen molar-refractivity contribution in [2.24, 2.45) is 0 Å². The van der Waals surface area contributed by atoms with E-state index in [1.54, 1.807) is 13.2 Å². The van der Waals surface area contributed by atoms with Crippen LogP contribution in [0.3, 0.4) is 0 Å². The molecule has 0 atom stereocenters. The Kier molecular flexibility index (Phi) is 3.54. The van der Waals surface area contributed by atoms with Crippen molar-refractivity contribution in [1.29, 1.82) is 0 Å². The van der Waals surface area contributed by atoms with Crippen LogP contribution in [0.5, 0.6) is 5.75 Å². The van der Waals surface area contributed by atoms with Crippen LogP contribution < -0.4 is 10.2 Å². The van der Waals surface area contributed by atoms with E-state index in [2.05, 4.69) is 5.48 Å². The standard InChI is InChI=1S/C9H12ClNO2/c1-6-8(10)3-7(5-11-12)4-9(6)13-2/h3-4,11-12H,5H2,1-2H3. The predicted molar refractivity (Wildman–Crippen MR) is 51.4 cm³/mol. The Bertz CT molecular complexity index is 302. The highest BCUT2D eigenvalue weighted by Gasteiger charge is 2.05. The summed E-state index contributed by atoms with van der Waals surface area (Å²) in [5.41, 5.74) is 3.86. The maximum atomic E-state index is 8.51. The first-order valence-corrected chi connectivity index (χ1v) is 4.26. The molecule has 13 heavy (non-hydrogen) atoms. The quantitative estimate of drug-likeness (QED) is 0.737. The van der Waals surface area contributed by atoms with E-state index < -0.39 is 0 Å². The van der Waals surface area contributed by atoms with Gasteiger partial charge in [-0.25, -0.2) is 5.48 Å². The van der Waals surface area contributed by atoms with Crippen molar-refractivity contribution in [3.63, 3.8) is 0 Å². The average molecular weight is 202 g/mol. The molecule has 1 aromatic carbocycles. The molecule has 0 unspecified atom stereocenters. The molecule has 0 aliphatic rings. The third-order valence-electron chi connectivity index (χ3n) is 1.86. The van der Waals surface area contributed by atoms with Crippen LogP contribution in [-0.2, 0) is 6.54 Å². The fourth-order valence-corrected chi connectivity index (χ4v) is 1.35. The molecule has 0 aromatic heterocycles. The molecule has 0 saturated heterocycles. The number of nitrogens with one attached hydrogen (secondary N) is 1. The van der Waals surface area contributed by atoms with Crippen LogP contribution in [0.2, 0.25) is 5.02 Å². The van der Waals surface area contributed by atoms with E-state index in [9.17, 15) is 0 Å². The molecule has 0 fully saturated rings. The lowest BCUT2D eigenvalue weighted by atomic mass is 10.1. The molecule has 0 spiro atoms. The van der Waals surface area contributed by atoms with E-state index in [4.69, 9.17) is 21.5 Å². The van der Waals surface area contributed by atoms with Crippen molar-refractivity contribution in [3.05, 3.63) is 28.3 Å². The molecule has 0 amide bonds. The Morgan fingerprint density at radius 3 is 2.77 bits per heavy atom. The lowest BCUT2D eigenvalue weighted by Crippen LogP contribution is -2.06. The van der Waals surface area contributed by atoms with Gasteiger partial charge in [0, 0.05) is 17.1 Å². The number of rotatable bonds is 3. The molecule has 0 bridgehead atoms. The SMILES string of the molecule is COc1cc(CNO)cc(Cl)c1C. The number of ether oxygens (including phenoxy) is 1. The van der Waals surface area contributed by atoms with Crippen molar-refractivity contribution in [1.82, 2.24) is 5.48 Å². The maximum Gasteiger partial charge on any atom is 0.123 e. The van der Waals surface area contributed by atoms with Crippen LogP contribution >= 0.6 is 11.6 Å². The van der Waals surface area contributed by atoms with Crippen molar-refractivity contribution >= 4 is 11.6 Å². The fraction of sp³-hybridized carbons (Fsp3) is 0.333. The van der Waals surface area contributed by atoms with Gasteiger partial charge in [-0.1, -0.05) is 11.6 Å². The van der Waals surface area contributed by atoms with Crippen LogP contribution in [-0.4, -0.2) is 12.3 Å². The summed E-state index contributed by atoms with van der Waals surface area (Å²) in [5, 5.41) is 9.15. The van der Waals surface area contributed by atoms with Gasteiger partial charge in [-0.15, -0.1) is 0 Å².